The highest BCUT2D eigenvalue weighted by Gasteiger charge is 2.27. The van der Waals surface area contributed by atoms with Crippen LogP contribution in [0.3, 0.4) is 0 Å². The molecule has 0 amide bonds. The maximum Gasteiger partial charge on any atom is 0.149 e. The summed E-state index contributed by atoms with van der Waals surface area (Å²) < 4.78 is 2.32. The van der Waals surface area contributed by atoms with Gasteiger partial charge in [-0.2, -0.15) is 0 Å². The van der Waals surface area contributed by atoms with Crippen molar-refractivity contribution in [3.8, 4) is 78.6 Å². The van der Waals surface area contributed by atoms with Crippen LogP contribution in [-0.4, -0.2) is 19.6 Å². The van der Waals surface area contributed by atoms with Crippen molar-refractivity contribution in [1.29, 1.82) is 0 Å². The van der Waals surface area contributed by atoms with Crippen LogP contribution in [0.1, 0.15) is 103 Å². The van der Waals surface area contributed by atoms with E-state index in [1.54, 1.807) is 0 Å². The molecule has 9 rings (SSSR count). The molecule has 0 fully saturated rings. The van der Waals surface area contributed by atoms with Crippen molar-refractivity contribution in [3.63, 3.8) is 0 Å². The number of para-hydroxylation sites is 1. The Morgan fingerprint density at radius 1 is 0.470 bits per heavy atom. The average molecular weight is 864 g/mol. The Balaban J connectivity index is 1.36. The van der Waals surface area contributed by atoms with E-state index in [1.165, 1.54) is 11.1 Å². The van der Waals surface area contributed by atoms with Crippen LogP contribution in [0, 0.1) is 0 Å². The Kier molecular flexibility index (Phi) is 11.6. The Morgan fingerprint density at radius 2 is 1.09 bits per heavy atom. The summed E-state index contributed by atoms with van der Waals surface area (Å²) in [6.07, 6.45) is 1.91. The first-order valence-electron chi connectivity index (χ1n) is 23.4. The van der Waals surface area contributed by atoms with E-state index >= 15 is 0 Å². The van der Waals surface area contributed by atoms with Gasteiger partial charge in [-0.1, -0.05) is 184 Å². The molecule has 0 saturated heterocycles. The van der Waals surface area contributed by atoms with Gasteiger partial charge in [-0.15, -0.1) is 0 Å². The van der Waals surface area contributed by atoms with Gasteiger partial charge in [0.2, 0.25) is 0 Å². The van der Waals surface area contributed by atoms with Crippen molar-refractivity contribution in [2.24, 2.45) is 0 Å². The smallest absolute Gasteiger partial charge is 0.149 e. The zero-order valence-corrected chi connectivity index (χ0v) is 40.1. The molecule has 330 valence electrons. The summed E-state index contributed by atoms with van der Waals surface area (Å²) in [5, 5.41) is 12.4. The zero-order valence-electron chi connectivity index (χ0n) is 40.1. The molecule has 0 spiro atoms. The number of rotatable bonds is 9. The van der Waals surface area contributed by atoms with Crippen molar-refractivity contribution >= 4 is 11.0 Å². The van der Waals surface area contributed by atoms with Crippen molar-refractivity contribution in [2.45, 2.75) is 91.9 Å². The summed E-state index contributed by atoms with van der Waals surface area (Å²) >= 11 is 0. The number of benzene rings is 7. The quantitative estimate of drug-likeness (QED) is 0.157. The molecule has 0 aliphatic rings. The fourth-order valence-electron chi connectivity index (χ4n) is 9.08. The second-order valence-corrected chi connectivity index (χ2v) is 20.5. The third-order valence-electron chi connectivity index (χ3n) is 13.1. The Hall–Kier alpha value is -7.04. The highest BCUT2D eigenvalue weighted by molar-refractivity contribution is 5.98. The number of phenolic OH excluding ortho intramolecular Hbond substituents is 1. The van der Waals surface area contributed by atoms with Crippen molar-refractivity contribution in [1.82, 2.24) is 14.5 Å². The molecular weight excluding hydrogens is 803 g/mol. The summed E-state index contributed by atoms with van der Waals surface area (Å²) in [7, 11) is 0. The van der Waals surface area contributed by atoms with E-state index in [0.29, 0.717) is 5.82 Å². The van der Waals surface area contributed by atoms with E-state index < -0.39 is 0 Å². The number of aromatic hydroxyl groups is 1. The maximum atomic E-state index is 12.4. The molecule has 7 aromatic carbocycles. The van der Waals surface area contributed by atoms with Gasteiger partial charge in [0.1, 0.15) is 11.6 Å². The molecule has 0 unspecified atom stereocenters. The van der Waals surface area contributed by atoms with Crippen LogP contribution in [-0.2, 0) is 10.8 Å². The fourth-order valence-corrected chi connectivity index (χ4v) is 9.08. The van der Waals surface area contributed by atoms with E-state index in [-0.39, 0.29) is 28.4 Å². The number of phenols is 1. The van der Waals surface area contributed by atoms with Gasteiger partial charge in [0.05, 0.1) is 28.0 Å². The zero-order chi connectivity index (χ0) is 46.5. The Morgan fingerprint density at radius 3 is 1.73 bits per heavy atom. The predicted molar refractivity (Wildman–Crippen MR) is 279 cm³/mol. The first-order valence-corrected chi connectivity index (χ1v) is 23.4. The molecule has 2 aromatic heterocycles. The number of hydrogen-bond acceptors (Lipinski definition) is 3. The van der Waals surface area contributed by atoms with Crippen LogP contribution in [0.15, 0.2) is 170 Å². The van der Waals surface area contributed by atoms with E-state index in [2.05, 4.69) is 232 Å². The lowest BCUT2D eigenvalue weighted by atomic mass is 9.84. The molecule has 4 heteroatoms. The van der Waals surface area contributed by atoms with Gasteiger partial charge in [-0.25, -0.2) is 4.98 Å². The van der Waals surface area contributed by atoms with Gasteiger partial charge in [0.15, 0.2) is 0 Å². The second-order valence-electron chi connectivity index (χ2n) is 20.5. The molecule has 9 aromatic rings. The lowest BCUT2D eigenvalue weighted by Gasteiger charge is -2.24. The van der Waals surface area contributed by atoms with E-state index in [0.717, 1.165) is 89.2 Å². The highest BCUT2D eigenvalue weighted by Crippen LogP contribution is 2.45. The Bertz CT molecular complexity index is 3200. The molecule has 0 radical (unpaired) electrons. The summed E-state index contributed by atoms with van der Waals surface area (Å²) in [4.78, 5) is 10.7. The molecule has 0 atom stereocenters. The average Bonchev–Trinajstić information content (AvgIpc) is 3.70. The van der Waals surface area contributed by atoms with Gasteiger partial charge in [0.25, 0.3) is 0 Å². The monoisotopic (exact) mass is 863 g/mol. The molecule has 0 aliphatic carbocycles. The topological polar surface area (TPSA) is 50.9 Å². The normalized spacial score (nSPS) is 12.1. The molecule has 0 aliphatic heterocycles. The molecular formula is C62H61N3O. The minimum atomic E-state index is -0.129. The number of pyridine rings is 1. The predicted octanol–water partition coefficient (Wildman–Crippen LogP) is 17.0. The van der Waals surface area contributed by atoms with Gasteiger partial charge in [-0.05, 0) is 127 Å². The number of imidazole rings is 1. The molecule has 66 heavy (non-hydrogen) atoms. The molecule has 0 saturated carbocycles. The minimum Gasteiger partial charge on any atom is -0.507 e. The third-order valence-corrected chi connectivity index (χ3v) is 13.1. The summed E-state index contributed by atoms with van der Waals surface area (Å²) in [6.45, 7) is 22.3. The van der Waals surface area contributed by atoms with Crippen molar-refractivity contribution < 1.29 is 5.11 Å². The summed E-state index contributed by atoms with van der Waals surface area (Å²) in [5.41, 5.74) is 18.7. The molecule has 0 bridgehead atoms. The van der Waals surface area contributed by atoms with Crippen LogP contribution >= 0.6 is 0 Å². The van der Waals surface area contributed by atoms with Gasteiger partial charge >= 0.3 is 0 Å². The standard InChI is InChI=1S/C62H61N3O/c1-39(2)45-35-53(40(3)4)59(66)54(36-45)60-64-58-52(47-32-46(42-20-15-12-16-21-42)33-48(34-47)55-37-44(30-31-63-55)41-18-13-11-14-19-41)22-17-23-56(58)65(60)57-38-50(62(8,9)10)28-29-51(57)43-24-26-49(27-25-43)61(5,6)7/h11-40,66H,1-10H3. The molecule has 4 nitrogen and oxygen atoms in total. The lowest BCUT2D eigenvalue weighted by Crippen LogP contribution is -2.13. The first kappa shape index (κ1) is 44.2. The third kappa shape index (κ3) is 8.61. The molecule has 1 N–H and O–H groups in total. The van der Waals surface area contributed by atoms with Crippen LogP contribution in [0.5, 0.6) is 5.75 Å². The Labute approximate surface area is 391 Å². The van der Waals surface area contributed by atoms with Crippen molar-refractivity contribution in [3.05, 3.63) is 192 Å². The maximum absolute atomic E-state index is 12.4. The van der Waals surface area contributed by atoms with Crippen LogP contribution in [0.25, 0.3) is 83.9 Å². The lowest BCUT2D eigenvalue weighted by molar-refractivity contribution is 0.466. The number of nitrogens with zero attached hydrogens (tertiary/aromatic N) is 3. The largest absolute Gasteiger partial charge is 0.507 e. The summed E-state index contributed by atoms with van der Waals surface area (Å²) in [6, 6.07) is 58.9. The van der Waals surface area contributed by atoms with Crippen LogP contribution in [0.4, 0.5) is 0 Å². The number of fused-ring (bicyclic) bond motifs is 1. The van der Waals surface area contributed by atoms with Crippen molar-refractivity contribution in [2.75, 3.05) is 0 Å². The van der Waals surface area contributed by atoms with E-state index in [9.17, 15) is 5.11 Å². The van der Waals surface area contributed by atoms with E-state index in [4.69, 9.17) is 9.97 Å². The van der Waals surface area contributed by atoms with Gasteiger partial charge < -0.3 is 5.11 Å². The van der Waals surface area contributed by atoms with Crippen LogP contribution in [0.2, 0.25) is 0 Å². The highest BCUT2D eigenvalue weighted by atomic mass is 16.3. The van der Waals surface area contributed by atoms with E-state index in [1.807, 2.05) is 12.3 Å². The summed E-state index contributed by atoms with van der Waals surface area (Å²) in [5.74, 6) is 1.32. The second kappa shape index (κ2) is 17.4. The van der Waals surface area contributed by atoms with Gasteiger partial charge in [-0.3, -0.25) is 9.55 Å². The molecule has 2 heterocycles. The fraction of sp³-hybridized carbons (Fsp3) is 0.226. The number of aromatic nitrogens is 3. The minimum absolute atomic E-state index is 0.0209. The van der Waals surface area contributed by atoms with Crippen LogP contribution < -0.4 is 0 Å². The SMILES string of the molecule is CC(C)c1cc(-c2nc3c(-c4cc(-c5ccccc5)cc(-c5cc(-c6ccccc6)ccn5)c4)cccc3n2-c2cc(C(C)(C)C)ccc2-c2ccc(C(C)(C)C)cc2)c(O)c(C(C)C)c1. The first-order chi connectivity index (χ1) is 31.5. The number of hydrogen-bond donors (Lipinski definition) is 1. The van der Waals surface area contributed by atoms with Gasteiger partial charge in [0, 0.05) is 22.9 Å².